The molecule has 1 aromatic heterocycles. The van der Waals surface area contributed by atoms with Gasteiger partial charge >= 0.3 is 0 Å². The van der Waals surface area contributed by atoms with E-state index >= 15 is 0 Å². The molecular formula is C14H21N5O. The third-order valence-corrected chi connectivity index (χ3v) is 3.03. The summed E-state index contributed by atoms with van der Waals surface area (Å²) in [5.74, 6) is 0.737. The summed E-state index contributed by atoms with van der Waals surface area (Å²) in [6.45, 7) is 7.45. The van der Waals surface area contributed by atoms with Gasteiger partial charge in [0.15, 0.2) is 5.82 Å². The van der Waals surface area contributed by atoms with Gasteiger partial charge in [-0.25, -0.2) is 4.68 Å². The summed E-state index contributed by atoms with van der Waals surface area (Å²) in [5.41, 5.74) is 8.67. The van der Waals surface area contributed by atoms with Gasteiger partial charge in [0.25, 0.3) is 0 Å². The minimum Gasteiger partial charge on any atom is -0.398 e. The van der Waals surface area contributed by atoms with E-state index in [1.807, 2.05) is 39.0 Å². The summed E-state index contributed by atoms with van der Waals surface area (Å²) in [7, 11) is 0. The number of nitrogens with two attached hydrogens (primary N) is 1. The van der Waals surface area contributed by atoms with E-state index in [4.69, 9.17) is 10.5 Å². The molecule has 0 amide bonds. The molecule has 2 aromatic rings. The Bertz CT molecular complexity index is 564. The largest absolute Gasteiger partial charge is 0.398 e. The number of tetrazole rings is 1. The van der Waals surface area contributed by atoms with Gasteiger partial charge in [0, 0.05) is 24.4 Å². The van der Waals surface area contributed by atoms with Crippen LogP contribution in [0.25, 0.3) is 11.4 Å². The van der Waals surface area contributed by atoms with Crippen molar-refractivity contribution < 1.29 is 4.74 Å². The molecule has 0 atom stereocenters. The molecule has 0 aliphatic rings. The molecule has 1 aromatic carbocycles. The van der Waals surface area contributed by atoms with E-state index in [0.29, 0.717) is 6.61 Å². The van der Waals surface area contributed by atoms with Gasteiger partial charge in [-0.1, -0.05) is 12.1 Å². The van der Waals surface area contributed by atoms with Gasteiger partial charge in [-0.3, -0.25) is 0 Å². The molecular weight excluding hydrogens is 254 g/mol. The van der Waals surface area contributed by atoms with Crippen molar-refractivity contribution in [3.63, 3.8) is 0 Å². The fourth-order valence-electron chi connectivity index (χ4n) is 1.87. The van der Waals surface area contributed by atoms with Gasteiger partial charge in [0.2, 0.25) is 0 Å². The van der Waals surface area contributed by atoms with Crippen molar-refractivity contribution in [1.82, 2.24) is 20.2 Å². The first-order valence-electron chi connectivity index (χ1n) is 6.82. The number of nitrogens with zero attached hydrogens (tertiary/aromatic N) is 4. The van der Waals surface area contributed by atoms with Crippen LogP contribution in [-0.4, -0.2) is 32.9 Å². The Balaban J connectivity index is 2.06. The number of hydrogen-bond donors (Lipinski definition) is 1. The lowest BCUT2D eigenvalue weighted by molar-refractivity contribution is 0.0743. The second kappa shape index (κ2) is 6.47. The maximum Gasteiger partial charge on any atom is 0.182 e. The first-order valence-corrected chi connectivity index (χ1v) is 6.82. The van der Waals surface area contributed by atoms with Crippen molar-refractivity contribution in [2.24, 2.45) is 0 Å². The fourth-order valence-corrected chi connectivity index (χ4v) is 1.87. The number of rotatable bonds is 6. The zero-order valence-corrected chi connectivity index (χ0v) is 12.2. The van der Waals surface area contributed by atoms with Crippen LogP contribution in [0.3, 0.4) is 0 Å². The second-order valence-corrected chi connectivity index (χ2v) is 5.07. The molecule has 0 bridgehead atoms. The van der Waals surface area contributed by atoms with Crippen molar-refractivity contribution in [2.75, 3.05) is 12.3 Å². The molecule has 6 heteroatoms. The monoisotopic (exact) mass is 275 g/mol. The summed E-state index contributed by atoms with van der Waals surface area (Å²) in [6, 6.07) is 5.87. The van der Waals surface area contributed by atoms with Gasteiger partial charge < -0.3 is 10.5 Å². The third-order valence-electron chi connectivity index (χ3n) is 3.03. The predicted molar refractivity (Wildman–Crippen MR) is 78.1 cm³/mol. The van der Waals surface area contributed by atoms with Crippen molar-refractivity contribution in [1.29, 1.82) is 0 Å². The van der Waals surface area contributed by atoms with Gasteiger partial charge in [-0.15, -0.1) is 5.10 Å². The van der Waals surface area contributed by atoms with E-state index in [9.17, 15) is 0 Å². The maximum atomic E-state index is 5.93. The molecule has 1 heterocycles. The molecule has 0 aliphatic heterocycles. The lowest BCUT2D eigenvalue weighted by atomic mass is 10.1. The minimum absolute atomic E-state index is 0.250. The summed E-state index contributed by atoms with van der Waals surface area (Å²) >= 11 is 0. The summed E-state index contributed by atoms with van der Waals surface area (Å²) < 4.78 is 7.30. The van der Waals surface area contributed by atoms with Gasteiger partial charge in [0.05, 0.1) is 6.10 Å². The van der Waals surface area contributed by atoms with E-state index in [-0.39, 0.29) is 6.10 Å². The van der Waals surface area contributed by atoms with E-state index in [0.717, 1.165) is 35.6 Å². The lowest BCUT2D eigenvalue weighted by Gasteiger charge is -2.08. The van der Waals surface area contributed by atoms with E-state index in [1.165, 1.54) is 0 Å². The minimum atomic E-state index is 0.250. The number of ether oxygens (including phenoxy) is 1. The van der Waals surface area contributed by atoms with Crippen LogP contribution >= 0.6 is 0 Å². The highest BCUT2D eigenvalue weighted by Gasteiger charge is 2.09. The molecule has 6 nitrogen and oxygen atoms in total. The van der Waals surface area contributed by atoms with Gasteiger partial charge in [-0.2, -0.15) is 0 Å². The first kappa shape index (κ1) is 14.5. The van der Waals surface area contributed by atoms with Crippen LogP contribution < -0.4 is 5.73 Å². The normalized spacial score (nSPS) is 11.2. The third kappa shape index (κ3) is 3.54. The quantitative estimate of drug-likeness (QED) is 0.644. The molecule has 0 spiro atoms. The first-order chi connectivity index (χ1) is 9.58. The number of aryl methyl sites for hydroxylation is 2. The van der Waals surface area contributed by atoms with Crippen LogP contribution in [0.5, 0.6) is 0 Å². The molecule has 20 heavy (non-hydrogen) atoms. The van der Waals surface area contributed by atoms with E-state index in [2.05, 4.69) is 15.5 Å². The Labute approximate surface area is 118 Å². The summed E-state index contributed by atoms with van der Waals surface area (Å²) in [4.78, 5) is 0. The average Bonchev–Trinajstić information content (AvgIpc) is 2.86. The molecule has 2 N–H and O–H groups in total. The van der Waals surface area contributed by atoms with Crippen molar-refractivity contribution in [3.05, 3.63) is 23.8 Å². The van der Waals surface area contributed by atoms with E-state index < -0.39 is 0 Å². The molecule has 0 aliphatic carbocycles. The zero-order chi connectivity index (χ0) is 14.5. The fraction of sp³-hybridized carbons (Fsp3) is 0.500. The SMILES string of the molecule is Cc1ccc(-c2nnnn2CCCOC(C)C)cc1N. The highest BCUT2D eigenvalue weighted by Crippen LogP contribution is 2.21. The van der Waals surface area contributed by atoms with Gasteiger partial charge in [-0.05, 0) is 49.2 Å². The highest BCUT2D eigenvalue weighted by molar-refractivity contribution is 5.63. The topological polar surface area (TPSA) is 78.8 Å². The molecule has 2 rings (SSSR count). The zero-order valence-electron chi connectivity index (χ0n) is 12.2. The van der Waals surface area contributed by atoms with Crippen LogP contribution in [0.2, 0.25) is 0 Å². The van der Waals surface area contributed by atoms with Crippen LogP contribution in [0.4, 0.5) is 5.69 Å². The van der Waals surface area contributed by atoms with Crippen LogP contribution in [0.15, 0.2) is 18.2 Å². The Morgan fingerprint density at radius 2 is 2.15 bits per heavy atom. The number of anilines is 1. The molecule has 0 fully saturated rings. The molecule has 108 valence electrons. The van der Waals surface area contributed by atoms with Crippen molar-refractivity contribution in [3.8, 4) is 11.4 Å². The average molecular weight is 275 g/mol. The van der Waals surface area contributed by atoms with Gasteiger partial charge in [0.1, 0.15) is 0 Å². The summed E-state index contributed by atoms with van der Waals surface area (Å²) in [6.07, 6.45) is 1.12. The number of benzene rings is 1. The highest BCUT2D eigenvalue weighted by atomic mass is 16.5. The lowest BCUT2D eigenvalue weighted by Crippen LogP contribution is -2.09. The molecule has 0 saturated carbocycles. The van der Waals surface area contributed by atoms with Crippen LogP contribution in [-0.2, 0) is 11.3 Å². The Morgan fingerprint density at radius 3 is 2.85 bits per heavy atom. The number of hydrogen-bond acceptors (Lipinski definition) is 5. The molecule has 0 unspecified atom stereocenters. The predicted octanol–water partition coefficient (Wildman–Crippen LogP) is 2.05. The maximum absolute atomic E-state index is 5.93. The molecule has 0 radical (unpaired) electrons. The smallest absolute Gasteiger partial charge is 0.182 e. The van der Waals surface area contributed by atoms with Crippen molar-refractivity contribution in [2.45, 2.75) is 39.8 Å². The Morgan fingerprint density at radius 1 is 1.35 bits per heavy atom. The Hall–Kier alpha value is -1.95. The Kier molecular flexibility index (Phi) is 4.68. The van der Waals surface area contributed by atoms with E-state index in [1.54, 1.807) is 4.68 Å². The molecule has 0 saturated heterocycles. The van der Waals surface area contributed by atoms with Crippen LogP contribution in [0.1, 0.15) is 25.8 Å². The van der Waals surface area contributed by atoms with Crippen LogP contribution in [0, 0.1) is 6.92 Å². The van der Waals surface area contributed by atoms with Crippen molar-refractivity contribution >= 4 is 5.69 Å². The summed E-state index contributed by atoms with van der Waals surface area (Å²) in [5, 5.41) is 11.8. The standard InChI is InChI=1S/C14H21N5O/c1-10(2)20-8-4-7-19-14(16-17-18-19)12-6-5-11(3)13(15)9-12/h5-6,9-10H,4,7-8,15H2,1-3H3. The second-order valence-electron chi connectivity index (χ2n) is 5.07. The number of nitrogen functional groups attached to an aromatic ring is 1. The number of aromatic nitrogens is 4.